The molecule has 4 rings (SSSR count). The Morgan fingerprint density at radius 3 is 2.68 bits per heavy atom. The predicted molar refractivity (Wildman–Crippen MR) is 155 cm³/mol. The van der Waals surface area contributed by atoms with Crippen LogP contribution in [0.1, 0.15) is 18.3 Å². The van der Waals surface area contributed by atoms with E-state index in [4.69, 9.17) is 9.72 Å². The van der Waals surface area contributed by atoms with Crippen molar-refractivity contribution in [3.05, 3.63) is 78.9 Å². The Labute approximate surface area is 224 Å². The van der Waals surface area contributed by atoms with Crippen LogP contribution in [0.4, 0.5) is 11.4 Å². The van der Waals surface area contributed by atoms with Gasteiger partial charge in [0.25, 0.3) is 0 Å². The largest absolute Gasteiger partial charge is 0.494 e. The molecule has 0 unspecified atom stereocenters. The smallest absolute Gasteiger partial charge is 0.247 e. The number of carbonyl (C=O) groups excluding carboxylic acids is 1. The maximum atomic E-state index is 12.3. The minimum absolute atomic E-state index is 0.267. The van der Waals surface area contributed by atoms with Crippen molar-refractivity contribution in [3.8, 4) is 17.0 Å². The summed E-state index contributed by atoms with van der Waals surface area (Å²) in [7, 11) is 8.12. The number of hydrogen-bond donors (Lipinski definition) is 1. The molecule has 0 radical (unpaired) electrons. The molecule has 0 fully saturated rings. The third-order valence-corrected chi connectivity index (χ3v) is 6.44. The molecule has 2 heterocycles. The molecule has 0 saturated carbocycles. The van der Waals surface area contributed by atoms with Crippen LogP contribution in [-0.2, 0) is 18.3 Å². The number of nitrogens with one attached hydrogen (secondary N) is 1. The summed E-state index contributed by atoms with van der Waals surface area (Å²) in [5.74, 6) is 1.15. The molecule has 38 heavy (non-hydrogen) atoms. The van der Waals surface area contributed by atoms with Crippen LogP contribution in [0.25, 0.3) is 22.2 Å². The lowest BCUT2D eigenvalue weighted by atomic mass is 10.1. The van der Waals surface area contributed by atoms with Gasteiger partial charge in [-0.2, -0.15) is 0 Å². The first-order valence-corrected chi connectivity index (χ1v) is 12.8. The number of hydrogen-bond acceptors (Lipinski definition) is 6. The molecule has 4 aromatic rings. The highest BCUT2D eigenvalue weighted by molar-refractivity contribution is 6.01. The Kier molecular flexibility index (Phi) is 8.43. The Morgan fingerprint density at radius 2 is 1.95 bits per heavy atom. The number of nitrogens with zero attached hydrogens (tertiary/aromatic N) is 5. The van der Waals surface area contributed by atoms with Crippen LogP contribution in [0.3, 0.4) is 0 Å². The fourth-order valence-corrected chi connectivity index (χ4v) is 4.46. The van der Waals surface area contributed by atoms with Crippen molar-refractivity contribution in [2.75, 3.05) is 51.1 Å². The van der Waals surface area contributed by atoms with Gasteiger partial charge in [-0.15, -0.1) is 0 Å². The normalized spacial score (nSPS) is 11.1. The van der Waals surface area contributed by atoms with Crippen LogP contribution in [0.2, 0.25) is 0 Å². The van der Waals surface area contributed by atoms with Crippen molar-refractivity contribution in [3.63, 3.8) is 0 Å². The molecule has 1 N–H and O–H groups in total. The Morgan fingerprint density at radius 1 is 1.16 bits per heavy atom. The van der Waals surface area contributed by atoms with Crippen LogP contribution >= 0.6 is 0 Å². The van der Waals surface area contributed by atoms with Crippen LogP contribution in [0.15, 0.2) is 67.5 Å². The zero-order valence-electron chi connectivity index (χ0n) is 22.9. The van der Waals surface area contributed by atoms with E-state index in [1.807, 2.05) is 65.4 Å². The molecule has 1 amide bonds. The van der Waals surface area contributed by atoms with Crippen molar-refractivity contribution in [1.29, 1.82) is 0 Å². The standard InChI is InChI=1S/C30H36N6O2/c1-7-30(37)33-25-17-21(28(38-8-2)19-27(25)35(5)16-15-34(3)4)18-29-31-14-13-24(32-29)23-20-36(6)26-12-10-9-11-22(23)26/h7,9-14,17,19-20H,1,8,15-16,18H2,2-6H3,(H,33,37). The molecular weight excluding hydrogens is 476 g/mol. The SMILES string of the molecule is C=CC(=O)Nc1cc(Cc2nccc(-c3cn(C)c4ccccc34)n2)c(OCC)cc1N(C)CCN(C)C. The van der Waals surface area contributed by atoms with Crippen LogP contribution < -0.4 is 15.0 Å². The number of ether oxygens (including phenoxy) is 1. The van der Waals surface area contributed by atoms with Gasteiger partial charge < -0.3 is 24.4 Å². The van der Waals surface area contributed by atoms with Gasteiger partial charge in [-0.25, -0.2) is 9.97 Å². The molecule has 0 aliphatic heterocycles. The lowest BCUT2D eigenvalue weighted by Gasteiger charge is -2.26. The highest BCUT2D eigenvalue weighted by atomic mass is 16.5. The Balaban J connectivity index is 1.73. The van der Waals surface area contributed by atoms with Crippen molar-refractivity contribution >= 4 is 28.2 Å². The second kappa shape index (κ2) is 11.9. The van der Waals surface area contributed by atoms with Gasteiger partial charge in [-0.1, -0.05) is 24.8 Å². The molecule has 2 aromatic carbocycles. The molecule has 2 aromatic heterocycles. The second-order valence-electron chi connectivity index (χ2n) is 9.53. The Hall–Kier alpha value is -4.17. The summed E-state index contributed by atoms with van der Waals surface area (Å²) < 4.78 is 8.17. The lowest BCUT2D eigenvalue weighted by molar-refractivity contribution is -0.111. The number of amides is 1. The van der Waals surface area contributed by atoms with Crippen LogP contribution in [0, 0.1) is 0 Å². The molecule has 198 valence electrons. The van der Waals surface area contributed by atoms with Gasteiger partial charge in [-0.05, 0) is 45.3 Å². The number of anilines is 2. The van der Waals surface area contributed by atoms with Gasteiger partial charge in [0.2, 0.25) is 5.91 Å². The van der Waals surface area contributed by atoms with Crippen molar-refractivity contribution in [2.45, 2.75) is 13.3 Å². The number of para-hydroxylation sites is 1. The number of rotatable bonds is 11. The molecule has 0 aliphatic carbocycles. The molecule has 0 saturated heterocycles. The van der Waals surface area contributed by atoms with Gasteiger partial charge in [0, 0.05) is 74.1 Å². The van der Waals surface area contributed by atoms with Gasteiger partial charge in [0.15, 0.2) is 0 Å². The zero-order valence-corrected chi connectivity index (χ0v) is 22.9. The number of fused-ring (bicyclic) bond motifs is 1. The number of aryl methyl sites for hydroxylation is 1. The summed E-state index contributed by atoms with van der Waals surface area (Å²) in [4.78, 5) is 26.0. The molecule has 0 atom stereocenters. The maximum Gasteiger partial charge on any atom is 0.247 e. The quantitative estimate of drug-likeness (QED) is 0.293. The Bertz CT molecular complexity index is 1440. The zero-order chi connectivity index (χ0) is 27.2. The average Bonchev–Trinajstić information content (AvgIpc) is 3.25. The van der Waals surface area contributed by atoms with Crippen molar-refractivity contribution < 1.29 is 9.53 Å². The van der Waals surface area contributed by atoms with E-state index < -0.39 is 0 Å². The average molecular weight is 513 g/mol. The van der Waals surface area contributed by atoms with E-state index in [1.54, 1.807) is 6.20 Å². The van der Waals surface area contributed by atoms with Crippen LogP contribution in [-0.4, -0.2) is 66.2 Å². The fourth-order valence-electron chi connectivity index (χ4n) is 4.46. The fraction of sp³-hybridized carbons (Fsp3) is 0.300. The molecule has 0 spiro atoms. The molecular formula is C30H36N6O2. The minimum atomic E-state index is -0.267. The first-order chi connectivity index (χ1) is 18.3. The van der Waals surface area contributed by atoms with Crippen molar-refractivity contribution in [1.82, 2.24) is 19.4 Å². The van der Waals surface area contributed by atoms with Gasteiger partial charge in [0.05, 0.1) is 23.7 Å². The van der Waals surface area contributed by atoms with Gasteiger partial charge >= 0.3 is 0 Å². The maximum absolute atomic E-state index is 12.3. The topological polar surface area (TPSA) is 75.5 Å². The summed E-state index contributed by atoms with van der Waals surface area (Å²) in [5, 5.41) is 4.12. The number of likely N-dealkylation sites (N-methyl/N-ethyl adjacent to an activating group) is 2. The molecule has 0 aliphatic rings. The highest BCUT2D eigenvalue weighted by Gasteiger charge is 2.18. The molecule has 0 bridgehead atoms. The van der Waals surface area contributed by atoms with E-state index in [9.17, 15) is 4.79 Å². The van der Waals surface area contributed by atoms with Crippen LogP contribution in [0.5, 0.6) is 5.75 Å². The first kappa shape index (κ1) is 26.9. The number of aromatic nitrogens is 3. The number of carbonyl (C=O) groups is 1. The summed E-state index contributed by atoms with van der Waals surface area (Å²) in [6, 6.07) is 14.2. The van der Waals surface area contributed by atoms with E-state index in [1.165, 1.54) is 6.08 Å². The van der Waals surface area contributed by atoms with E-state index in [0.29, 0.717) is 24.5 Å². The molecule has 8 nitrogen and oxygen atoms in total. The summed E-state index contributed by atoms with van der Waals surface area (Å²) in [6.45, 7) is 7.74. The number of benzene rings is 2. The van der Waals surface area contributed by atoms with Gasteiger partial charge in [-0.3, -0.25) is 4.79 Å². The molecule has 8 heteroatoms. The summed E-state index contributed by atoms with van der Waals surface area (Å²) in [6.07, 6.45) is 5.62. The third-order valence-electron chi connectivity index (χ3n) is 6.44. The first-order valence-electron chi connectivity index (χ1n) is 12.8. The monoisotopic (exact) mass is 512 g/mol. The lowest BCUT2D eigenvalue weighted by Crippen LogP contribution is -2.29. The third kappa shape index (κ3) is 6.03. The van der Waals surface area contributed by atoms with E-state index in [-0.39, 0.29) is 5.91 Å². The van der Waals surface area contributed by atoms with Crippen molar-refractivity contribution in [2.24, 2.45) is 7.05 Å². The second-order valence-corrected chi connectivity index (χ2v) is 9.53. The van der Waals surface area contributed by atoms with E-state index in [0.717, 1.165) is 52.3 Å². The highest BCUT2D eigenvalue weighted by Crippen LogP contribution is 2.35. The summed E-state index contributed by atoms with van der Waals surface area (Å²) in [5.41, 5.74) is 5.54. The van der Waals surface area contributed by atoms with E-state index in [2.05, 4.69) is 49.6 Å². The minimum Gasteiger partial charge on any atom is -0.494 e. The van der Waals surface area contributed by atoms with E-state index >= 15 is 0 Å². The summed E-state index contributed by atoms with van der Waals surface area (Å²) >= 11 is 0. The van der Waals surface area contributed by atoms with Gasteiger partial charge in [0.1, 0.15) is 11.6 Å². The predicted octanol–water partition coefficient (Wildman–Crippen LogP) is 4.75.